The maximum atomic E-state index is 11.8. The van der Waals surface area contributed by atoms with Crippen molar-refractivity contribution in [1.29, 1.82) is 0 Å². The molecule has 0 fully saturated rings. The fraction of sp³-hybridized carbons (Fsp3) is 0.692. The Bertz CT molecular complexity index is 373. The molecule has 1 aromatic rings. The number of hydrogen-bond acceptors (Lipinski definition) is 3. The maximum Gasteiger partial charge on any atom is 0.220 e. The Labute approximate surface area is 109 Å². The molecule has 1 aromatic heterocycles. The first-order valence-electron chi connectivity index (χ1n) is 6.46. The Morgan fingerprint density at radius 2 is 2.28 bits per heavy atom. The van der Waals surface area contributed by atoms with Gasteiger partial charge in [0.25, 0.3) is 0 Å². The minimum Gasteiger partial charge on any atom is -0.350 e. The summed E-state index contributed by atoms with van der Waals surface area (Å²) in [4.78, 5) is 11.8. The minimum absolute atomic E-state index is 0.0623. The highest BCUT2D eigenvalue weighted by Gasteiger charge is 2.14. The first-order chi connectivity index (χ1) is 8.52. The van der Waals surface area contributed by atoms with Crippen molar-refractivity contribution >= 4 is 5.91 Å². The SMILES string of the molecule is CC(C)CC(CN)CC(=O)NCc1ccnn1C. The van der Waals surface area contributed by atoms with Gasteiger partial charge in [0.2, 0.25) is 5.91 Å². The van der Waals surface area contributed by atoms with Gasteiger partial charge in [-0.25, -0.2) is 0 Å². The summed E-state index contributed by atoms with van der Waals surface area (Å²) in [5, 5.41) is 6.97. The van der Waals surface area contributed by atoms with Crippen LogP contribution in [0.3, 0.4) is 0 Å². The van der Waals surface area contributed by atoms with E-state index in [1.807, 2.05) is 13.1 Å². The third kappa shape index (κ3) is 4.87. The molecule has 1 rings (SSSR count). The van der Waals surface area contributed by atoms with E-state index < -0.39 is 0 Å². The first-order valence-corrected chi connectivity index (χ1v) is 6.46. The number of rotatable bonds is 7. The zero-order valence-electron chi connectivity index (χ0n) is 11.5. The largest absolute Gasteiger partial charge is 0.350 e. The lowest BCUT2D eigenvalue weighted by molar-refractivity contribution is -0.122. The third-order valence-corrected chi connectivity index (χ3v) is 3.00. The lowest BCUT2D eigenvalue weighted by Crippen LogP contribution is -2.29. The van der Waals surface area contributed by atoms with Crippen molar-refractivity contribution in [2.45, 2.75) is 33.2 Å². The standard InChI is InChI=1S/C13H24N4O/c1-10(2)6-11(8-14)7-13(18)15-9-12-4-5-16-17(12)3/h4-5,10-11H,6-9,14H2,1-3H3,(H,15,18). The summed E-state index contributed by atoms with van der Waals surface area (Å²) in [5.41, 5.74) is 6.69. The number of aryl methyl sites for hydroxylation is 1. The van der Waals surface area contributed by atoms with Crippen LogP contribution in [0.4, 0.5) is 0 Å². The van der Waals surface area contributed by atoms with Crippen LogP contribution in [0, 0.1) is 11.8 Å². The van der Waals surface area contributed by atoms with Gasteiger partial charge in [-0.2, -0.15) is 5.10 Å². The van der Waals surface area contributed by atoms with E-state index in [2.05, 4.69) is 24.3 Å². The molecule has 5 heteroatoms. The molecule has 0 aliphatic rings. The molecule has 0 aromatic carbocycles. The van der Waals surface area contributed by atoms with Crippen molar-refractivity contribution in [3.05, 3.63) is 18.0 Å². The van der Waals surface area contributed by atoms with Gasteiger partial charge in [-0.3, -0.25) is 9.48 Å². The molecule has 0 saturated carbocycles. The average molecular weight is 252 g/mol. The summed E-state index contributed by atoms with van der Waals surface area (Å²) in [6.45, 7) is 5.39. The second-order valence-corrected chi connectivity index (χ2v) is 5.16. The van der Waals surface area contributed by atoms with Gasteiger partial charge in [0.15, 0.2) is 0 Å². The van der Waals surface area contributed by atoms with E-state index in [9.17, 15) is 4.79 Å². The first kappa shape index (κ1) is 14.7. The van der Waals surface area contributed by atoms with Crippen molar-refractivity contribution < 1.29 is 4.79 Å². The van der Waals surface area contributed by atoms with Crippen LogP contribution in [0.15, 0.2) is 12.3 Å². The van der Waals surface area contributed by atoms with Crippen molar-refractivity contribution in [3.63, 3.8) is 0 Å². The van der Waals surface area contributed by atoms with E-state index >= 15 is 0 Å². The Balaban J connectivity index is 2.34. The highest BCUT2D eigenvalue weighted by atomic mass is 16.1. The number of carbonyl (C=O) groups is 1. The number of nitrogens with one attached hydrogen (secondary N) is 1. The maximum absolute atomic E-state index is 11.8. The molecule has 1 atom stereocenters. The van der Waals surface area contributed by atoms with E-state index in [4.69, 9.17) is 5.73 Å². The summed E-state index contributed by atoms with van der Waals surface area (Å²) in [5.74, 6) is 0.910. The fourth-order valence-corrected chi connectivity index (χ4v) is 2.03. The van der Waals surface area contributed by atoms with Gasteiger partial charge in [-0.15, -0.1) is 0 Å². The van der Waals surface area contributed by atoms with Crippen LogP contribution in [0.5, 0.6) is 0 Å². The van der Waals surface area contributed by atoms with Crippen LogP contribution in [0.1, 0.15) is 32.4 Å². The van der Waals surface area contributed by atoms with Crippen LogP contribution in [0.25, 0.3) is 0 Å². The predicted molar refractivity (Wildman–Crippen MR) is 71.7 cm³/mol. The molecule has 0 aliphatic carbocycles. The van der Waals surface area contributed by atoms with E-state index in [0.29, 0.717) is 25.4 Å². The predicted octanol–water partition coefficient (Wildman–Crippen LogP) is 1.05. The minimum atomic E-state index is 0.0623. The third-order valence-electron chi connectivity index (χ3n) is 3.00. The van der Waals surface area contributed by atoms with Gasteiger partial charge in [-0.1, -0.05) is 13.8 Å². The summed E-state index contributed by atoms with van der Waals surface area (Å²) >= 11 is 0. The van der Waals surface area contributed by atoms with Crippen LogP contribution in [0.2, 0.25) is 0 Å². The molecule has 0 spiro atoms. The summed E-state index contributed by atoms with van der Waals surface area (Å²) in [7, 11) is 1.86. The van der Waals surface area contributed by atoms with Crippen LogP contribution < -0.4 is 11.1 Å². The molecule has 0 aliphatic heterocycles. The average Bonchev–Trinajstić information content (AvgIpc) is 2.70. The molecule has 102 valence electrons. The van der Waals surface area contributed by atoms with E-state index in [-0.39, 0.29) is 11.8 Å². The van der Waals surface area contributed by atoms with Gasteiger partial charge in [-0.05, 0) is 30.9 Å². The molecule has 0 saturated heterocycles. The molecule has 18 heavy (non-hydrogen) atoms. The summed E-state index contributed by atoms with van der Waals surface area (Å²) in [6.07, 6.45) is 3.23. The lowest BCUT2D eigenvalue weighted by Gasteiger charge is -2.16. The van der Waals surface area contributed by atoms with Crippen molar-refractivity contribution in [2.75, 3.05) is 6.54 Å². The smallest absolute Gasteiger partial charge is 0.220 e. The summed E-state index contributed by atoms with van der Waals surface area (Å²) < 4.78 is 1.76. The zero-order chi connectivity index (χ0) is 13.5. The van der Waals surface area contributed by atoms with Gasteiger partial charge >= 0.3 is 0 Å². The molecule has 0 radical (unpaired) electrons. The molecular formula is C13H24N4O. The second-order valence-electron chi connectivity index (χ2n) is 5.16. The normalized spacial score (nSPS) is 12.7. The highest BCUT2D eigenvalue weighted by molar-refractivity contribution is 5.76. The van der Waals surface area contributed by atoms with Crippen LogP contribution in [-0.2, 0) is 18.4 Å². The van der Waals surface area contributed by atoms with Crippen molar-refractivity contribution in [3.8, 4) is 0 Å². The highest BCUT2D eigenvalue weighted by Crippen LogP contribution is 2.14. The molecule has 1 amide bonds. The number of hydrogen-bond donors (Lipinski definition) is 2. The van der Waals surface area contributed by atoms with Gasteiger partial charge in [0.05, 0.1) is 12.2 Å². The van der Waals surface area contributed by atoms with Gasteiger partial charge in [0.1, 0.15) is 0 Å². The van der Waals surface area contributed by atoms with Gasteiger partial charge < -0.3 is 11.1 Å². The number of nitrogens with zero attached hydrogens (tertiary/aromatic N) is 2. The number of amides is 1. The molecule has 0 bridgehead atoms. The van der Waals surface area contributed by atoms with Crippen molar-refractivity contribution in [2.24, 2.45) is 24.6 Å². The van der Waals surface area contributed by atoms with Gasteiger partial charge in [0, 0.05) is 19.7 Å². The zero-order valence-corrected chi connectivity index (χ0v) is 11.5. The van der Waals surface area contributed by atoms with Crippen LogP contribution >= 0.6 is 0 Å². The number of carbonyl (C=O) groups excluding carboxylic acids is 1. The quantitative estimate of drug-likeness (QED) is 0.761. The fourth-order valence-electron chi connectivity index (χ4n) is 2.03. The van der Waals surface area contributed by atoms with Crippen LogP contribution in [-0.4, -0.2) is 22.2 Å². The van der Waals surface area contributed by atoms with Crippen molar-refractivity contribution in [1.82, 2.24) is 15.1 Å². The number of aromatic nitrogens is 2. The summed E-state index contributed by atoms with van der Waals surface area (Å²) in [6, 6.07) is 1.90. The number of nitrogens with two attached hydrogens (primary N) is 1. The Morgan fingerprint density at radius 3 is 2.78 bits per heavy atom. The second kappa shape index (κ2) is 7.16. The molecule has 1 heterocycles. The topological polar surface area (TPSA) is 72.9 Å². The van der Waals surface area contributed by atoms with E-state index in [0.717, 1.165) is 12.1 Å². The Hall–Kier alpha value is -1.36. The molecular weight excluding hydrogens is 228 g/mol. The molecule has 3 N–H and O–H groups in total. The van der Waals surface area contributed by atoms with E-state index in [1.165, 1.54) is 0 Å². The Kier molecular flexibility index (Phi) is 5.85. The lowest BCUT2D eigenvalue weighted by atomic mass is 9.94. The Morgan fingerprint density at radius 1 is 1.56 bits per heavy atom. The monoisotopic (exact) mass is 252 g/mol. The molecule has 1 unspecified atom stereocenters. The van der Waals surface area contributed by atoms with E-state index in [1.54, 1.807) is 10.9 Å². The molecule has 5 nitrogen and oxygen atoms in total.